The fourth-order valence-corrected chi connectivity index (χ4v) is 11.2. The number of piperidine rings is 2. The highest BCUT2D eigenvalue weighted by Gasteiger charge is 2.92. The minimum absolute atomic E-state index is 0.0184. The molecule has 3 unspecified atom stereocenters. The van der Waals surface area contributed by atoms with Crippen LogP contribution in [0.3, 0.4) is 0 Å². The SMILES string of the molecule is COC(=O)[C@@H]1C[C@@]23C4=C(CC[C@H]5C[N+]67C[C@@H](C)C(CC6[C@@]52CO)[C@@H]37)CC[C@@H]41. The highest BCUT2D eigenvalue weighted by atomic mass is 16.5. The highest BCUT2D eigenvalue weighted by molar-refractivity contribution is 5.75. The molecule has 4 heterocycles. The number of quaternary nitrogens is 1. The molecule has 27 heavy (non-hydrogen) atoms. The van der Waals surface area contributed by atoms with Gasteiger partial charge in [0.05, 0.1) is 49.6 Å². The van der Waals surface area contributed by atoms with E-state index in [1.807, 2.05) is 0 Å². The van der Waals surface area contributed by atoms with Crippen molar-refractivity contribution in [1.29, 1.82) is 0 Å². The first-order valence-electron chi connectivity index (χ1n) is 11.3. The first kappa shape index (κ1) is 16.0. The van der Waals surface area contributed by atoms with Crippen molar-refractivity contribution in [3.05, 3.63) is 11.1 Å². The van der Waals surface area contributed by atoms with Crippen LogP contribution < -0.4 is 0 Å². The molecule has 3 aliphatic carbocycles. The third kappa shape index (κ3) is 1.29. The lowest BCUT2D eigenvalue weighted by Gasteiger charge is -2.52. The molecule has 5 fully saturated rings. The number of aliphatic hydroxyl groups excluding tert-OH is 1. The Morgan fingerprint density at radius 1 is 1.30 bits per heavy atom. The van der Waals surface area contributed by atoms with Gasteiger partial charge in [-0.1, -0.05) is 18.1 Å². The van der Waals surface area contributed by atoms with Gasteiger partial charge in [0.15, 0.2) is 0 Å². The Kier molecular flexibility index (Phi) is 2.65. The van der Waals surface area contributed by atoms with Gasteiger partial charge in [0.25, 0.3) is 0 Å². The molecule has 4 aliphatic heterocycles. The monoisotopic (exact) mass is 370 g/mol. The zero-order valence-corrected chi connectivity index (χ0v) is 16.6. The number of aliphatic hydroxyl groups is 1. The number of hydrogen-bond acceptors (Lipinski definition) is 3. The number of rotatable bonds is 2. The van der Waals surface area contributed by atoms with Crippen molar-refractivity contribution >= 4 is 5.97 Å². The molecule has 0 aromatic rings. The molecule has 146 valence electrons. The summed E-state index contributed by atoms with van der Waals surface area (Å²) in [4.78, 5) is 12.8. The van der Waals surface area contributed by atoms with E-state index in [0.717, 1.165) is 24.7 Å². The molecule has 2 spiro atoms. The second kappa shape index (κ2) is 4.48. The van der Waals surface area contributed by atoms with E-state index >= 15 is 0 Å². The Morgan fingerprint density at radius 3 is 2.89 bits per heavy atom. The topological polar surface area (TPSA) is 46.5 Å². The number of nitrogens with zero attached hydrogens (tertiary/aromatic N) is 1. The van der Waals surface area contributed by atoms with Crippen molar-refractivity contribution < 1.29 is 19.1 Å². The van der Waals surface area contributed by atoms with Crippen LogP contribution in [0.25, 0.3) is 0 Å². The van der Waals surface area contributed by atoms with E-state index in [2.05, 4.69) is 6.92 Å². The first-order valence-corrected chi connectivity index (χ1v) is 11.3. The number of ether oxygens (including phenoxy) is 1. The average molecular weight is 371 g/mol. The van der Waals surface area contributed by atoms with Crippen LogP contribution in [0, 0.1) is 40.4 Å². The number of carbonyl (C=O) groups is 1. The largest absolute Gasteiger partial charge is 0.469 e. The second-order valence-electron chi connectivity index (χ2n) is 11.2. The minimum Gasteiger partial charge on any atom is -0.469 e. The zero-order chi connectivity index (χ0) is 18.3. The smallest absolute Gasteiger partial charge is 0.309 e. The van der Waals surface area contributed by atoms with Gasteiger partial charge in [-0.05, 0) is 38.0 Å². The van der Waals surface area contributed by atoms with Crippen LogP contribution in [0.1, 0.15) is 45.4 Å². The van der Waals surface area contributed by atoms with Gasteiger partial charge < -0.3 is 14.3 Å². The first-order chi connectivity index (χ1) is 13.0. The van der Waals surface area contributed by atoms with Crippen LogP contribution in [-0.4, -0.2) is 54.4 Å². The number of hydrogen-bond donors (Lipinski definition) is 1. The van der Waals surface area contributed by atoms with Crippen molar-refractivity contribution in [3.8, 4) is 0 Å². The summed E-state index contributed by atoms with van der Waals surface area (Å²) in [6, 6.07) is 1.34. The number of methoxy groups -OCH3 is 1. The maximum atomic E-state index is 12.8. The van der Waals surface area contributed by atoms with Gasteiger partial charge in [-0.2, -0.15) is 0 Å². The molecule has 4 saturated heterocycles. The van der Waals surface area contributed by atoms with Gasteiger partial charge in [0.1, 0.15) is 6.04 Å². The van der Waals surface area contributed by atoms with E-state index in [1.165, 1.54) is 43.3 Å². The summed E-state index contributed by atoms with van der Waals surface area (Å²) in [5.41, 5.74) is 3.56. The van der Waals surface area contributed by atoms with Gasteiger partial charge in [-0.15, -0.1) is 0 Å². The van der Waals surface area contributed by atoms with Gasteiger partial charge in [0, 0.05) is 24.2 Å². The van der Waals surface area contributed by atoms with Crippen LogP contribution in [0.4, 0.5) is 0 Å². The zero-order valence-electron chi connectivity index (χ0n) is 16.6. The van der Waals surface area contributed by atoms with E-state index in [1.54, 1.807) is 18.3 Å². The minimum atomic E-state index is 0.0184. The molecule has 7 rings (SSSR count). The van der Waals surface area contributed by atoms with E-state index in [-0.39, 0.29) is 22.7 Å². The summed E-state index contributed by atoms with van der Waals surface area (Å²) < 4.78 is 6.63. The van der Waals surface area contributed by atoms with Crippen molar-refractivity contribution in [3.63, 3.8) is 0 Å². The Hall–Kier alpha value is -0.870. The van der Waals surface area contributed by atoms with Crippen LogP contribution in [0.15, 0.2) is 11.1 Å². The summed E-state index contributed by atoms with van der Waals surface area (Å²) in [5, 5.41) is 11.1. The molecule has 1 saturated carbocycles. The van der Waals surface area contributed by atoms with Gasteiger partial charge in [-0.3, -0.25) is 4.79 Å². The summed E-state index contributed by atoms with van der Waals surface area (Å²) in [6.45, 7) is 5.47. The van der Waals surface area contributed by atoms with E-state index in [4.69, 9.17) is 4.74 Å². The van der Waals surface area contributed by atoms with Crippen molar-refractivity contribution in [2.24, 2.45) is 40.4 Å². The van der Waals surface area contributed by atoms with Crippen LogP contribution in [-0.2, 0) is 9.53 Å². The lowest BCUT2D eigenvalue weighted by Crippen LogP contribution is -2.60. The van der Waals surface area contributed by atoms with Crippen LogP contribution in [0.2, 0.25) is 0 Å². The molecule has 1 N–H and O–H groups in total. The van der Waals surface area contributed by atoms with Gasteiger partial charge in [0.2, 0.25) is 0 Å². The molecule has 0 aromatic heterocycles. The highest BCUT2D eigenvalue weighted by Crippen LogP contribution is 2.84. The lowest BCUT2D eigenvalue weighted by molar-refractivity contribution is -0.939. The molecule has 7 aliphatic rings. The maximum absolute atomic E-state index is 12.8. The molecule has 4 nitrogen and oxygen atoms in total. The van der Waals surface area contributed by atoms with Gasteiger partial charge >= 0.3 is 5.97 Å². The standard InChI is InChI=1S/C23H32NO3/c1-12-9-24-10-14-5-3-13-4-6-15-17(21(26)27-2)8-22(19(13)15)20(24)16(12)7-18(24)23(14,22)11-25/h12,14-18,20,25H,3-11H2,1-2H3/q+1/t12-,14+,15-,16?,17-,18?,20+,22+,23-,24?/m1/s1. The fourth-order valence-electron chi connectivity index (χ4n) is 11.2. The van der Waals surface area contributed by atoms with Gasteiger partial charge in [-0.25, -0.2) is 0 Å². The quantitative estimate of drug-likeness (QED) is 0.462. The van der Waals surface area contributed by atoms with E-state index in [9.17, 15) is 9.90 Å². The predicted octanol–water partition coefficient (Wildman–Crippen LogP) is 2.51. The number of esters is 1. The predicted molar refractivity (Wildman–Crippen MR) is 99.4 cm³/mol. The second-order valence-corrected chi connectivity index (χ2v) is 11.2. The van der Waals surface area contributed by atoms with Crippen molar-refractivity contribution in [2.45, 2.75) is 57.5 Å². The van der Waals surface area contributed by atoms with E-state index < -0.39 is 0 Å². The number of carbonyl (C=O) groups excluding carboxylic acids is 1. The molecule has 0 amide bonds. The fraction of sp³-hybridized carbons (Fsp3) is 0.870. The molecular formula is C23H32NO3+. The van der Waals surface area contributed by atoms with Crippen molar-refractivity contribution in [2.75, 3.05) is 26.8 Å². The summed E-state index contributed by atoms with van der Waals surface area (Å²) >= 11 is 0. The summed E-state index contributed by atoms with van der Waals surface area (Å²) in [7, 11) is 1.57. The number of allylic oxidation sites excluding steroid dienone is 1. The van der Waals surface area contributed by atoms with Crippen LogP contribution >= 0.6 is 0 Å². The summed E-state index contributed by atoms with van der Waals surface area (Å²) in [6.07, 6.45) is 7.16. The third-order valence-electron chi connectivity index (χ3n) is 11.2. The Bertz CT molecular complexity index is 805. The normalized spacial score (nSPS) is 60.9. The third-order valence-corrected chi connectivity index (χ3v) is 11.2. The molecule has 10 atom stereocenters. The average Bonchev–Trinajstić information content (AvgIpc) is 3.42. The molecule has 4 heteroatoms. The van der Waals surface area contributed by atoms with Crippen molar-refractivity contribution in [1.82, 2.24) is 0 Å². The van der Waals surface area contributed by atoms with E-state index in [0.29, 0.717) is 30.5 Å². The maximum Gasteiger partial charge on any atom is 0.309 e. The molecule has 5 bridgehead atoms. The Balaban J connectivity index is 1.52. The lowest BCUT2D eigenvalue weighted by atomic mass is 9.47. The van der Waals surface area contributed by atoms with Crippen LogP contribution in [0.5, 0.6) is 0 Å². The summed E-state index contributed by atoms with van der Waals surface area (Å²) in [5.74, 6) is 2.73. The Morgan fingerprint density at radius 2 is 2.11 bits per heavy atom. The molecule has 0 radical (unpaired) electrons. The molecule has 0 aromatic carbocycles. The Labute approximate surface area is 161 Å². The molecular weight excluding hydrogens is 338 g/mol.